The highest BCUT2D eigenvalue weighted by Crippen LogP contribution is 2.21. The van der Waals surface area contributed by atoms with Crippen molar-refractivity contribution in [3.63, 3.8) is 0 Å². The summed E-state index contributed by atoms with van der Waals surface area (Å²) < 4.78 is 10.2. The SMILES string of the molecule is COC(=O)c1oc(CN2CCCC(CO)C2)cc1C. The van der Waals surface area contributed by atoms with Gasteiger partial charge < -0.3 is 14.3 Å². The summed E-state index contributed by atoms with van der Waals surface area (Å²) in [6.07, 6.45) is 2.17. The van der Waals surface area contributed by atoms with Gasteiger partial charge in [0.2, 0.25) is 5.76 Å². The summed E-state index contributed by atoms with van der Waals surface area (Å²) in [7, 11) is 1.35. The molecule has 0 aliphatic carbocycles. The van der Waals surface area contributed by atoms with Gasteiger partial charge >= 0.3 is 5.97 Å². The Morgan fingerprint density at radius 1 is 1.63 bits per heavy atom. The number of hydrogen-bond acceptors (Lipinski definition) is 5. The lowest BCUT2D eigenvalue weighted by Gasteiger charge is -2.30. The van der Waals surface area contributed by atoms with Crippen molar-refractivity contribution in [2.45, 2.75) is 26.3 Å². The predicted octanol–water partition coefficient (Wildman–Crippen LogP) is 1.58. The molecule has 1 unspecified atom stereocenters. The van der Waals surface area contributed by atoms with Gasteiger partial charge in [-0.2, -0.15) is 0 Å². The molecule has 0 bridgehead atoms. The molecular formula is C14H21NO4. The summed E-state index contributed by atoms with van der Waals surface area (Å²) in [6.45, 7) is 4.63. The van der Waals surface area contributed by atoms with Crippen LogP contribution in [-0.4, -0.2) is 42.8 Å². The number of ether oxygens (including phenoxy) is 1. The van der Waals surface area contributed by atoms with Crippen LogP contribution in [0, 0.1) is 12.8 Å². The van der Waals surface area contributed by atoms with Gasteiger partial charge in [0.1, 0.15) is 5.76 Å². The third kappa shape index (κ3) is 3.36. The number of aryl methyl sites for hydroxylation is 1. The van der Waals surface area contributed by atoms with E-state index in [1.54, 1.807) is 0 Å². The Kier molecular flexibility index (Phi) is 4.61. The van der Waals surface area contributed by atoms with E-state index in [1.807, 2.05) is 13.0 Å². The molecule has 1 aromatic heterocycles. The molecular weight excluding hydrogens is 246 g/mol. The van der Waals surface area contributed by atoms with Crippen molar-refractivity contribution in [1.29, 1.82) is 0 Å². The highest BCUT2D eigenvalue weighted by Gasteiger charge is 2.22. The van der Waals surface area contributed by atoms with E-state index in [9.17, 15) is 9.90 Å². The molecule has 1 N–H and O–H groups in total. The smallest absolute Gasteiger partial charge is 0.374 e. The number of carbonyl (C=O) groups is 1. The molecule has 1 atom stereocenters. The zero-order chi connectivity index (χ0) is 13.8. The van der Waals surface area contributed by atoms with Crippen LogP contribution in [0.5, 0.6) is 0 Å². The largest absolute Gasteiger partial charge is 0.463 e. The van der Waals surface area contributed by atoms with Gasteiger partial charge in [-0.25, -0.2) is 4.79 Å². The van der Waals surface area contributed by atoms with Crippen LogP contribution in [0.3, 0.4) is 0 Å². The van der Waals surface area contributed by atoms with Gasteiger partial charge in [-0.15, -0.1) is 0 Å². The maximum atomic E-state index is 11.5. The number of nitrogens with zero attached hydrogens (tertiary/aromatic N) is 1. The van der Waals surface area contributed by atoms with E-state index in [1.165, 1.54) is 7.11 Å². The summed E-state index contributed by atoms with van der Waals surface area (Å²) in [5, 5.41) is 9.22. The molecule has 1 fully saturated rings. The second kappa shape index (κ2) is 6.21. The van der Waals surface area contributed by atoms with Crippen LogP contribution in [0.4, 0.5) is 0 Å². The van der Waals surface area contributed by atoms with Gasteiger partial charge in [-0.1, -0.05) is 0 Å². The number of aliphatic hydroxyl groups is 1. The van der Waals surface area contributed by atoms with E-state index < -0.39 is 5.97 Å². The lowest BCUT2D eigenvalue weighted by Crippen LogP contribution is -2.36. The number of likely N-dealkylation sites (tertiary alicyclic amines) is 1. The lowest BCUT2D eigenvalue weighted by molar-refractivity contribution is 0.0557. The zero-order valence-electron chi connectivity index (χ0n) is 11.5. The minimum absolute atomic E-state index is 0.237. The number of hydrogen-bond donors (Lipinski definition) is 1. The van der Waals surface area contributed by atoms with E-state index in [0.29, 0.717) is 12.5 Å². The Bertz CT molecular complexity index is 441. The molecule has 0 aromatic carbocycles. The Morgan fingerprint density at radius 3 is 3.11 bits per heavy atom. The maximum Gasteiger partial charge on any atom is 0.374 e. The molecule has 5 nitrogen and oxygen atoms in total. The highest BCUT2D eigenvalue weighted by atomic mass is 16.5. The van der Waals surface area contributed by atoms with Crippen molar-refractivity contribution in [2.75, 3.05) is 26.8 Å². The van der Waals surface area contributed by atoms with Crippen LogP contribution in [0.25, 0.3) is 0 Å². The van der Waals surface area contributed by atoms with Crippen LogP contribution < -0.4 is 0 Å². The third-order valence-corrected chi connectivity index (χ3v) is 3.58. The van der Waals surface area contributed by atoms with Crippen LogP contribution >= 0.6 is 0 Å². The molecule has 1 aliphatic heterocycles. The second-order valence-corrected chi connectivity index (χ2v) is 5.14. The van der Waals surface area contributed by atoms with E-state index in [2.05, 4.69) is 9.64 Å². The highest BCUT2D eigenvalue weighted by molar-refractivity contribution is 5.87. The Labute approximate surface area is 113 Å². The quantitative estimate of drug-likeness (QED) is 0.839. The summed E-state index contributed by atoms with van der Waals surface area (Å²) in [5.41, 5.74) is 0.803. The average molecular weight is 267 g/mol. The molecule has 1 aliphatic rings. The topological polar surface area (TPSA) is 62.9 Å². The molecule has 2 heterocycles. The monoisotopic (exact) mass is 267 g/mol. The molecule has 0 saturated carbocycles. The first kappa shape index (κ1) is 14.1. The fourth-order valence-electron chi connectivity index (χ4n) is 2.59. The van der Waals surface area contributed by atoms with Gasteiger partial charge in [-0.3, -0.25) is 4.90 Å². The number of rotatable bonds is 4. The van der Waals surface area contributed by atoms with Crippen LogP contribution in [0.15, 0.2) is 10.5 Å². The van der Waals surface area contributed by atoms with E-state index in [-0.39, 0.29) is 12.4 Å². The normalized spacial score (nSPS) is 20.5. The van der Waals surface area contributed by atoms with E-state index in [0.717, 1.165) is 37.3 Å². The number of esters is 1. The fraction of sp³-hybridized carbons (Fsp3) is 0.643. The number of aliphatic hydroxyl groups excluding tert-OH is 1. The number of methoxy groups -OCH3 is 1. The summed E-state index contributed by atoms with van der Waals surface area (Å²) in [5.74, 6) is 0.977. The molecule has 0 amide bonds. The fourth-order valence-corrected chi connectivity index (χ4v) is 2.59. The van der Waals surface area contributed by atoms with Crippen LogP contribution in [0.2, 0.25) is 0 Å². The van der Waals surface area contributed by atoms with Crippen molar-refractivity contribution in [3.8, 4) is 0 Å². The van der Waals surface area contributed by atoms with Gasteiger partial charge in [0.15, 0.2) is 0 Å². The van der Waals surface area contributed by atoms with Gasteiger partial charge in [-0.05, 0) is 38.3 Å². The predicted molar refractivity (Wildman–Crippen MR) is 69.9 cm³/mol. The Hall–Kier alpha value is -1.33. The first-order chi connectivity index (χ1) is 9.13. The second-order valence-electron chi connectivity index (χ2n) is 5.14. The minimum Gasteiger partial charge on any atom is -0.463 e. The molecule has 0 spiro atoms. The maximum absolute atomic E-state index is 11.5. The van der Waals surface area contributed by atoms with Gasteiger partial charge in [0, 0.05) is 18.7 Å². The number of carbonyl (C=O) groups excluding carboxylic acids is 1. The number of furan rings is 1. The molecule has 106 valence electrons. The molecule has 5 heteroatoms. The van der Waals surface area contributed by atoms with Crippen molar-refractivity contribution in [2.24, 2.45) is 5.92 Å². The first-order valence-corrected chi connectivity index (χ1v) is 6.65. The molecule has 2 rings (SSSR count). The molecule has 19 heavy (non-hydrogen) atoms. The standard InChI is InChI=1S/C14H21NO4/c1-10-6-12(19-13(10)14(17)18-2)8-15-5-3-4-11(7-15)9-16/h6,11,16H,3-5,7-9H2,1-2H3. The number of piperidine rings is 1. The third-order valence-electron chi connectivity index (χ3n) is 3.58. The Morgan fingerprint density at radius 2 is 2.42 bits per heavy atom. The molecule has 0 radical (unpaired) electrons. The van der Waals surface area contributed by atoms with Crippen molar-refractivity contribution in [3.05, 3.63) is 23.2 Å². The minimum atomic E-state index is -0.435. The van der Waals surface area contributed by atoms with Crippen molar-refractivity contribution in [1.82, 2.24) is 4.90 Å². The zero-order valence-corrected chi connectivity index (χ0v) is 11.5. The lowest BCUT2D eigenvalue weighted by atomic mass is 9.99. The van der Waals surface area contributed by atoms with Gasteiger partial charge in [0.25, 0.3) is 0 Å². The van der Waals surface area contributed by atoms with Crippen molar-refractivity contribution >= 4 is 5.97 Å². The van der Waals surface area contributed by atoms with E-state index in [4.69, 9.17) is 4.42 Å². The van der Waals surface area contributed by atoms with Crippen LogP contribution in [-0.2, 0) is 11.3 Å². The van der Waals surface area contributed by atoms with Crippen molar-refractivity contribution < 1.29 is 19.1 Å². The summed E-state index contributed by atoms with van der Waals surface area (Å²) >= 11 is 0. The summed E-state index contributed by atoms with van der Waals surface area (Å²) in [6, 6.07) is 1.88. The first-order valence-electron chi connectivity index (χ1n) is 6.65. The molecule has 1 saturated heterocycles. The van der Waals surface area contributed by atoms with E-state index >= 15 is 0 Å². The van der Waals surface area contributed by atoms with Crippen LogP contribution in [0.1, 0.15) is 34.7 Å². The van der Waals surface area contributed by atoms with Gasteiger partial charge in [0.05, 0.1) is 13.7 Å². The molecule has 1 aromatic rings. The Balaban J connectivity index is 2.01. The average Bonchev–Trinajstić information content (AvgIpc) is 2.79. The summed E-state index contributed by atoms with van der Waals surface area (Å²) in [4.78, 5) is 13.7.